The van der Waals surface area contributed by atoms with Crippen molar-refractivity contribution in [1.82, 2.24) is 4.98 Å². The molecule has 0 aliphatic carbocycles. The highest BCUT2D eigenvalue weighted by Crippen LogP contribution is 2.30. The Morgan fingerprint density at radius 3 is 2.80 bits per heavy atom. The van der Waals surface area contributed by atoms with Gasteiger partial charge >= 0.3 is 0 Å². The van der Waals surface area contributed by atoms with Gasteiger partial charge in [-0.3, -0.25) is 0 Å². The van der Waals surface area contributed by atoms with Crippen LogP contribution in [0.4, 0.5) is 11.5 Å². The molecule has 20 heavy (non-hydrogen) atoms. The topological polar surface area (TPSA) is 39.9 Å². The third-order valence-corrected chi connectivity index (χ3v) is 3.67. The highest BCUT2D eigenvalue weighted by atomic mass is 15.0. The SMILES string of the molecule is C(Nc1cc2ccccc2[nH]1)=C1CNc2ccccc21. The Kier molecular flexibility index (Phi) is 2.49. The van der Waals surface area contributed by atoms with Gasteiger partial charge in [0.25, 0.3) is 0 Å². The zero-order valence-electron chi connectivity index (χ0n) is 11.0. The number of anilines is 2. The van der Waals surface area contributed by atoms with Crippen molar-refractivity contribution in [2.75, 3.05) is 17.2 Å². The molecule has 0 radical (unpaired) electrons. The van der Waals surface area contributed by atoms with E-state index in [0.717, 1.165) is 17.9 Å². The zero-order valence-corrected chi connectivity index (χ0v) is 11.0. The number of hydrogen-bond donors (Lipinski definition) is 3. The molecule has 1 aliphatic heterocycles. The van der Waals surface area contributed by atoms with Gasteiger partial charge in [-0.2, -0.15) is 0 Å². The van der Waals surface area contributed by atoms with E-state index in [4.69, 9.17) is 0 Å². The number of benzene rings is 2. The lowest BCUT2D eigenvalue weighted by Crippen LogP contribution is -1.95. The van der Waals surface area contributed by atoms with Crippen molar-refractivity contribution in [3.05, 3.63) is 66.4 Å². The van der Waals surface area contributed by atoms with Crippen LogP contribution < -0.4 is 10.6 Å². The van der Waals surface area contributed by atoms with Gasteiger partial charge in [0.15, 0.2) is 0 Å². The number of hydrogen-bond acceptors (Lipinski definition) is 2. The van der Waals surface area contributed by atoms with Crippen LogP contribution in [0.2, 0.25) is 0 Å². The summed E-state index contributed by atoms with van der Waals surface area (Å²) in [6, 6.07) is 18.8. The second kappa shape index (κ2) is 4.46. The Bertz CT molecular complexity index is 766. The van der Waals surface area contributed by atoms with Gasteiger partial charge in [0, 0.05) is 34.9 Å². The Morgan fingerprint density at radius 2 is 1.85 bits per heavy atom. The minimum atomic E-state index is 0.868. The molecule has 3 nitrogen and oxygen atoms in total. The molecule has 2 aromatic carbocycles. The van der Waals surface area contributed by atoms with E-state index in [1.54, 1.807) is 0 Å². The van der Waals surface area contributed by atoms with Crippen LogP contribution in [-0.4, -0.2) is 11.5 Å². The van der Waals surface area contributed by atoms with Crippen LogP contribution in [0.15, 0.2) is 60.8 Å². The summed E-state index contributed by atoms with van der Waals surface area (Å²) in [4.78, 5) is 3.37. The first-order valence-electron chi connectivity index (χ1n) is 6.77. The van der Waals surface area contributed by atoms with Crippen molar-refractivity contribution in [2.45, 2.75) is 0 Å². The molecule has 0 bridgehead atoms. The molecule has 3 heteroatoms. The van der Waals surface area contributed by atoms with Crippen LogP contribution in [0.1, 0.15) is 5.56 Å². The lowest BCUT2D eigenvalue weighted by atomic mass is 10.1. The molecule has 0 atom stereocenters. The summed E-state index contributed by atoms with van der Waals surface area (Å²) in [7, 11) is 0. The fraction of sp³-hybridized carbons (Fsp3) is 0.0588. The molecule has 0 amide bonds. The maximum atomic E-state index is 3.39. The number of para-hydroxylation sites is 2. The van der Waals surface area contributed by atoms with Crippen molar-refractivity contribution < 1.29 is 0 Å². The predicted octanol–water partition coefficient (Wildman–Crippen LogP) is 4.05. The summed E-state index contributed by atoms with van der Waals surface area (Å²) in [5.41, 5.74) is 4.91. The average molecular weight is 261 g/mol. The number of H-pyrrole nitrogens is 1. The largest absolute Gasteiger partial charge is 0.380 e. The van der Waals surface area contributed by atoms with Crippen molar-refractivity contribution in [1.29, 1.82) is 0 Å². The Hall–Kier alpha value is -2.68. The van der Waals surface area contributed by atoms with Crippen molar-refractivity contribution in [3.8, 4) is 0 Å². The van der Waals surface area contributed by atoms with E-state index in [1.807, 2.05) is 6.07 Å². The normalized spacial score (nSPS) is 15.3. The number of fused-ring (bicyclic) bond motifs is 2. The van der Waals surface area contributed by atoms with Crippen LogP contribution in [0, 0.1) is 0 Å². The maximum absolute atomic E-state index is 3.39. The molecule has 0 fully saturated rings. The third-order valence-electron chi connectivity index (χ3n) is 3.67. The molecule has 1 aliphatic rings. The quantitative estimate of drug-likeness (QED) is 0.651. The van der Waals surface area contributed by atoms with E-state index in [9.17, 15) is 0 Å². The Balaban J connectivity index is 1.63. The van der Waals surface area contributed by atoms with E-state index in [1.165, 1.54) is 22.2 Å². The van der Waals surface area contributed by atoms with Crippen molar-refractivity contribution in [2.24, 2.45) is 0 Å². The van der Waals surface area contributed by atoms with E-state index < -0.39 is 0 Å². The highest BCUT2D eigenvalue weighted by molar-refractivity contribution is 5.87. The highest BCUT2D eigenvalue weighted by Gasteiger charge is 2.13. The fourth-order valence-electron chi connectivity index (χ4n) is 2.65. The number of nitrogens with one attached hydrogen (secondary N) is 3. The first kappa shape index (κ1) is 11.2. The molecule has 4 rings (SSSR count). The maximum Gasteiger partial charge on any atom is 0.108 e. The first-order valence-corrected chi connectivity index (χ1v) is 6.77. The van der Waals surface area contributed by atoms with Crippen LogP contribution in [0.25, 0.3) is 16.5 Å². The standard InChI is InChI=1S/C17H15N3/c1-3-7-15-12(5-1)9-17(20-15)19-11-13-10-18-16-8-4-2-6-14(13)16/h1-9,11,18-20H,10H2. The monoisotopic (exact) mass is 261 g/mol. The van der Waals surface area contributed by atoms with Crippen LogP contribution in [0.5, 0.6) is 0 Å². The van der Waals surface area contributed by atoms with Crippen molar-refractivity contribution in [3.63, 3.8) is 0 Å². The lowest BCUT2D eigenvalue weighted by molar-refractivity contribution is 1.40. The van der Waals surface area contributed by atoms with Gasteiger partial charge in [0.2, 0.25) is 0 Å². The number of aromatic nitrogens is 1. The van der Waals surface area contributed by atoms with Gasteiger partial charge in [-0.05, 0) is 23.8 Å². The van der Waals surface area contributed by atoms with Crippen LogP contribution >= 0.6 is 0 Å². The second-order valence-corrected chi connectivity index (χ2v) is 4.98. The fourth-order valence-corrected chi connectivity index (χ4v) is 2.65. The van der Waals surface area contributed by atoms with Gasteiger partial charge < -0.3 is 15.6 Å². The third kappa shape index (κ3) is 1.84. The Labute approximate surface area is 117 Å². The molecular formula is C17H15N3. The van der Waals surface area contributed by atoms with Crippen LogP contribution in [-0.2, 0) is 0 Å². The first-order chi connectivity index (χ1) is 9.90. The smallest absolute Gasteiger partial charge is 0.108 e. The van der Waals surface area contributed by atoms with Gasteiger partial charge in [-0.15, -0.1) is 0 Å². The summed E-state index contributed by atoms with van der Waals surface area (Å²) in [6.07, 6.45) is 2.07. The number of rotatable bonds is 2. The molecule has 0 saturated heterocycles. The zero-order chi connectivity index (χ0) is 13.4. The van der Waals surface area contributed by atoms with E-state index >= 15 is 0 Å². The van der Waals surface area contributed by atoms with Gasteiger partial charge in [-0.1, -0.05) is 36.4 Å². The van der Waals surface area contributed by atoms with Gasteiger partial charge in [0.1, 0.15) is 5.82 Å². The molecule has 2 heterocycles. The molecule has 3 N–H and O–H groups in total. The summed E-state index contributed by atoms with van der Waals surface area (Å²) >= 11 is 0. The summed E-state index contributed by atoms with van der Waals surface area (Å²) in [6.45, 7) is 0.868. The molecule has 1 aromatic heterocycles. The van der Waals surface area contributed by atoms with E-state index in [2.05, 4.69) is 70.3 Å². The molecule has 98 valence electrons. The molecule has 0 spiro atoms. The predicted molar refractivity (Wildman–Crippen MR) is 84.8 cm³/mol. The lowest BCUT2D eigenvalue weighted by Gasteiger charge is -2.00. The summed E-state index contributed by atoms with van der Waals surface area (Å²) in [5.74, 6) is 1.02. The summed E-state index contributed by atoms with van der Waals surface area (Å²) < 4.78 is 0. The minimum absolute atomic E-state index is 0.868. The van der Waals surface area contributed by atoms with E-state index in [-0.39, 0.29) is 0 Å². The molecule has 3 aromatic rings. The summed E-state index contributed by atoms with van der Waals surface area (Å²) in [5, 5.41) is 7.97. The van der Waals surface area contributed by atoms with Gasteiger partial charge in [0.05, 0.1) is 0 Å². The van der Waals surface area contributed by atoms with Crippen LogP contribution in [0.3, 0.4) is 0 Å². The Morgan fingerprint density at radius 1 is 1.00 bits per heavy atom. The second-order valence-electron chi connectivity index (χ2n) is 4.98. The van der Waals surface area contributed by atoms with Gasteiger partial charge in [-0.25, -0.2) is 0 Å². The van der Waals surface area contributed by atoms with Crippen molar-refractivity contribution >= 4 is 28.0 Å². The molecule has 0 unspecified atom stereocenters. The average Bonchev–Trinajstić information content (AvgIpc) is 3.08. The number of aromatic amines is 1. The molecule has 0 saturated carbocycles. The molecular weight excluding hydrogens is 246 g/mol. The minimum Gasteiger partial charge on any atom is -0.380 e. The van der Waals surface area contributed by atoms with E-state index in [0.29, 0.717) is 0 Å².